The second kappa shape index (κ2) is 10.9. The molecule has 1 saturated carbocycles. The topological polar surface area (TPSA) is 59.6 Å². The fourth-order valence-corrected chi connectivity index (χ4v) is 2.53. The highest BCUT2D eigenvalue weighted by molar-refractivity contribution is 5.77. The molecule has 0 aromatic heterocycles. The molecule has 0 saturated heterocycles. The monoisotopic (exact) mass is 297 g/mol. The molecule has 0 heterocycles. The molecule has 1 fully saturated rings. The van der Waals surface area contributed by atoms with Crippen molar-refractivity contribution in [1.29, 1.82) is 0 Å². The average molecular weight is 297 g/mol. The molecule has 0 aliphatic heterocycles. The van der Waals surface area contributed by atoms with Crippen LogP contribution in [0.15, 0.2) is 4.99 Å². The number of nitrogens with zero attached hydrogens (tertiary/aromatic N) is 1. The van der Waals surface area contributed by atoms with Crippen LogP contribution < -0.4 is 11.1 Å². The maximum atomic E-state index is 5.93. The lowest BCUT2D eigenvalue weighted by Crippen LogP contribution is -2.33. The van der Waals surface area contributed by atoms with Crippen molar-refractivity contribution in [2.75, 3.05) is 26.3 Å². The molecule has 0 atom stereocenters. The summed E-state index contributed by atoms with van der Waals surface area (Å²) in [6, 6.07) is 0. The van der Waals surface area contributed by atoms with Gasteiger partial charge in [-0.1, -0.05) is 39.0 Å². The fourth-order valence-electron chi connectivity index (χ4n) is 2.53. The smallest absolute Gasteiger partial charge is 0.188 e. The van der Waals surface area contributed by atoms with Gasteiger partial charge in [0.15, 0.2) is 5.96 Å². The molecule has 0 aromatic rings. The summed E-state index contributed by atoms with van der Waals surface area (Å²) in [4.78, 5) is 4.51. The molecule has 3 N–H and O–H groups in total. The van der Waals surface area contributed by atoms with E-state index in [2.05, 4.69) is 17.2 Å². The Morgan fingerprint density at radius 3 is 2.52 bits per heavy atom. The van der Waals surface area contributed by atoms with Crippen molar-refractivity contribution < 1.29 is 4.74 Å². The van der Waals surface area contributed by atoms with Gasteiger partial charge in [-0.25, -0.2) is 0 Å². The molecule has 0 aromatic carbocycles. The molecular formula is C17H35N3O. The third-order valence-corrected chi connectivity index (χ3v) is 4.36. The van der Waals surface area contributed by atoms with Gasteiger partial charge in [-0.15, -0.1) is 0 Å². The van der Waals surface area contributed by atoms with E-state index in [1.54, 1.807) is 0 Å². The first-order valence-corrected chi connectivity index (χ1v) is 8.84. The van der Waals surface area contributed by atoms with Gasteiger partial charge in [0.05, 0.1) is 0 Å². The van der Waals surface area contributed by atoms with Crippen molar-refractivity contribution >= 4 is 5.96 Å². The first-order chi connectivity index (χ1) is 10.2. The van der Waals surface area contributed by atoms with Gasteiger partial charge in [0.1, 0.15) is 0 Å². The van der Waals surface area contributed by atoms with Crippen LogP contribution in [0.5, 0.6) is 0 Å². The van der Waals surface area contributed by atoms with Gasteiger partial charge in [0, 0.05) is 26.3 Å². The lowest BCUT2D eigenvalue weighted by atomic mass is 10.0. The first-order valence-electron chi connectivity index (χ1n) is 8.84. The Morgan fingerprint density at radius 2 is 1.86 bits per heavy atom. The van der Waals surface area contributed by atoms with Crippen LogP contribution >= 0.6 is 0 Å². The second-order valence-corrected chi connectivity index (χ2v) is 6.34. The molecule has 1 rings (SSSR count). The number of guanidine groups is 1. The number of unbranched alkanes of at least 4 members (excludes halogenated alkanes) is 5. The Hall–Kier alpha value is -0.770. The van der Waals surface area contributed by atoms with E-state index in [-0.39, 0.29) is 0 Å². The SMILES string of the molecule is CCCCCCCCNC(N)=NCC1(CCOCC)CC1. The van der Waals surface area contributed by atoms with E-state index in [9.17, 15) is 0 Å². The van der Waals surface area contributed by atoms with Crippen molar-refractivity contribution in [3.8, 4) is 0 Å². The average Bonchev–Trinajstić information content (AvgIpc) is 3.25. The van der Waals surface area contributed by atoms with E-state index in [1.807, 2.05) is 6.92 Å². The van der Waals surface area contributed by atoms with Gasteiger partial charge >= 0.3 is 0 Å². The van der Waals surface area contributed by atoms with Crippen LogP contribution in [0.25, 0.3) is 0 Å². The van der Waals surface area contributed by atoms with Crippen molar-refractivity contribution in [2.24, 2.45) is 16.1 Å². The van der Waals surface area contributed by atoms with Crippen LogP contribution in [0.3, 0.4) is 0 Å². The summed E-state index contributed by atoms with van der Waals surface area (Å²) in [5.74, 6) is 0.617. The Labute approximate surface area is 130 Å². The standard InChI is InChI=1S/C17H35N3O/c1-3-5-6-7-8-9-13-19-16(18)20-15-17(10-11-17)12-14-21-4-2/h3-15H2,1-2H3,(H3,18,19,20). The number of aliphatic imine (C=N–C) groups is 1. The van der Waals surface area contributed by atoms with Crippen LogP contribution in [-0.2, 0) is 4.74 Å². The van der Waals surface area contributed by atoms with Crippen molar-refractivity contribution in [3.63, 3.8) is 0 Å². The highest BCUT2D eigenvalue weighted by atomic mass is 16.5. The van der Waals surface area contributed by atoms with Crippen LogP contribution in [0, 0.1) is 5.41 Å². The molecule has 0 amide bonds. The minimum Gasteiger partial charge on any atom is -0.382 e. The van der Waals surface area contributed by atoms with Crippen LogP contribution in [0.2, 0.25) is 0 Å². The Balaban J connectivity index is 2.02. The first kappa shape index (κ1) is 18.3. The Bertz CT molecular complexity index is 288. The van der Waals surface area contributed by atoms with E-state index < -0.39 is 0 Å². The third kappa shape index (κ3) is 8.97. The molecule has 0 spiro atoms. The van der Waals surface area contributed by atoms with E-state index in [0.717, 1.165) is 32.7 Å². The largest absolute Gasteiger partial charge is 0.382 e. The summed E-state index contributed by atoms with van der Waals surface area (Å²) in [5.41, 5.74) is 6.32. The van der Waals surface area contributed by atoms with Gasteiger partial charge in [0.2, 0.25) is 0 Å². The quantitative estimate of drug-likeness (QED) is 0.311. The Kier molecular flexibility index (Phi) is 9.48. The number of ether oxygens (including phenoxy) is 1. The maximum absolute atomic E-state index is 5.93. The predicted molar refractivity (Wildman–Crippen MR) is 90.6 cm³/mol. The molecular weight excluding hydrogens is 262 g/mol. The summed E-state index contributed by atoms with van der Waals surface area (Å²) in [6.07, 6.45) is 11.5. The van der Waals surface area contributed by atoms with E-state index >= 15 is 0 Å². The number of nitrogens with two attached hydrogens (primary N) is 1. The number of hydrogen-bond acceptors (Lipinski definition) is 2. The molecule has 4 heteroatoms. The summed E-state index contributed by atoms with van der Waals surface area (Å²) in [7, 11) is 0. The molecule has 1 aliphatic rings. The maximum Gasteiger partial charge on any atom is 0.188 e. The predicted octanol–water partition coefficient (Wildman–Crippen LogP) is 3.46. The van der Waals surface area contributed by atoms with Gasteiger partial charge in [-0.2, -0.15) is 0 Å². The summed E-state index contributed by atoms with van der Waals surface area (Å²) in [6.45, 7) is 7.77. The molecule has 124 valence electrons. The van der Waals surface area contributed by atoms with Crippen LogP contribution in [-0.4, -0.2) is 32.3 Å². The lowest BCUT2D eigenvalue weighted by molar-refractivity contribution is 0.129. The zero-order valence-corrected chi connectivity index (χ0v) is 14.1. The van der Waals surface area contributed by atoms with Crippen LogP contribution in [0.4, 0.5) is 0 Å². The highest BCUT2D eigenvalue weighted by Gasteiger charge is 2.41. The van der Waals surface area contributed by atoms with Crippen molar-refractivity contribution in [2.45, 2.75) is 71.6 Å². The summed E-state index contributed by atoms with van der Waals surface area (Å²) >= 11 is 0. The summed E-state index contributed by atoms with van der Waals surface area (Å²) in [5, 5.41) is 3.24. The lowest BCUT2D eigenvalue weighted by Gasteiger charge is -2.13. The number of rotatable bonds is 13. The van der Waals surface area contributed by atoms with Gasteiger partial charge < -0.3 is 15.8 Å². The van der Waals surface area contributed by atoms with Gasteiger partial charge in [0.25, 0.3) is 0 Å². The van der Waals surface area contributed by atoms with E-state index in [4.69, 9.17) is 10.5 Å². The molecule has 1 aliphatic carbocycles. The number of nitrogens with one attached hydrogen (secondary N) is 1. The fraction of sp³-hybridized carbons (Fsp3) is 0.941. The van der Waals surface area contributed by atoms with E-state index in [1.165, 1.54) is 51.4 Å². The van der Waals surface area contributed by atoms with Crippen molar-refractivity contribution in [3.05, 3.63) is 0 Å². The molecule has 0 bridgehead atoms. The number of hydrogen-bond donors (Lipinski definition) is 2. The molecule has 0 radical (unpaired) electrons. The second-order valence-electron chi connectivity index (χ2n) is 6.34. The highest BCUT2D eigenvalue weighted by Crippen LogP contribution is 2.48. The minimum atomic E-state index is 0.390. The Morgan fingerprint density at radius 1 is 1.14 bits per heavy atom. The van der Waals surface area contributed by atoms with E-state index in [0.29, 0.717) is 11.4 Å². The zero-order valence-electron chi connectivity index (χ0n) is 14.1. The molecule has 0 unspecified atom stereocenters. The zero-order chi connectivity index (χ0) is 15.4. The van der Waals surface area contributed by atoms with Crippen molar-refractivity contribution in [1.82, 2.24) is 5.32 Å². The van der Waals surface area contributed by atoms with Gasteiger partial charge in [-0.05, 0) is 38.0 Å². The third-order valence-electron chi connectivity index (χ3n) is 4.36. The molecule has 4 nitrogen and oxygen atoms in total. The normalized spacial score (nSPS) is 17.0. The van der Waals surface area contributed by atoms with Crippen LogP contribution in [0.1, 0.15) is 71.6 Å². The summed E-state index contributed by atoms with van der Waals surface area (Å²) < 4.78 is 5.44. The minimum absolute atomic E-state index is 0.390. The molecule has 21 heavy (non-hydrogen) atoms. The van der Waals surface area contributed by atoms with Gasteiger partial charge in [-0.3, -0.25) is 4.99 Å².